The van der Waals surface area contributed by atoms with Crippen molar-refractivity contribution < 1.29 is 22.8 Å². The largest absolute Gasteiger partial charge is 0.378 e. The molecule has 1 fully saturated rings. The summed E-state index contributed by atoms with van der Waals surface area (Å²) in [4.78, 5) is -2.01. The molecule has 0 saturated carbocycles. The SMILES string of the molecule is CCCC1CC(O)(S(=O)(=O)O)CCO1. The number of hydrogen-bond donors (Lipinski definition) is 2. The van der Waals surface area contributed by atoms with Crippen molar-refractivity contribution in [3.63, 3.8) is 0 Å². The second-order valence-corrected chi connectivity index (χ2v) is 5.37. The number of hydrogen-bond acceptors (Lipinski definition) is 4. The lowest BCUT2D eigenvalue weighted by Gasteiger charge is -2.34. The van der Waals surface area contributed by atoms with Gasteiger partial charge in [-0.2, -0.15) is 8.42 Å². The van der Waals surface area contributed by atoms with Gasteiger partial charge in [0.2, 0.25) is 0 Å². The average Bonchev–Trinajstić information content (AvgIpc) is 2.03. The fourth-order valence-corrected chi connectivity index (χ4v) is 2.38. The summed E-state index contributed by atoms with van der Waals surface area (Å²) in [5.41, 5.74) is 0. The van der Waals surface area contributed by atoms with Crippen molar-refractivity contribution in [2.24, 2.45) is 0 Å². The number of aliphatic hydroxyl groups is 1. The summed E-state index contributed by atoms with van der Waals surface area (Å²) in [6.45, 7) is 2.12. The van der Waals surface area contributed by atoms with Gasteiger partial charge in [0.25, 0.3) is 10.1 Å². The second kappa shape index (κ2) is 4.14. The standard InChI is InChI=1S/C8H16O5S/c1-2-3-7-6-8(9,4-5-13-7)14(10,11)12/h7,9H,2-6H2,1H3,(H,10,11,12). The summed E-state index contributed by atoms with van der Waals surface area (Å²) in [5, 5.41) is 9.69. The molecule has 1 rings (SSSR count). The van der Waals surface area contributed by atoms with E-state index in [0.717, 1.165) is 6.42 Å². The zero-order valence-electron chi connectivity index (χ0n) is 8.14. The molecule has 2 unspecified atom stereocenters. The molecule has 2 atom stereocenters. The van der Waals surface area contributed by atoms with Crippen LogP contribution >= 0.6 is 0 Å². The normalized spacial score (nSPS) is 34.4. The van der Waals surface area contributed by atoms with Crippen molar-refractivity contribution in [1.29, 1.82) is 0 Å². The van der Waals surface area contributed by atoms with Crippen molar-refractivity contribution in [3.05, 3.63) is 0 Å². The highest BCUT2D eigenvalue weighted by molar-refractivity contribution is 7.87. The quantitative estimate of drug-likeness (QED) is 0.684. The maximum Gasteiger partial charge on any atom is 0.295 e. The maximum absolute atomic E-state index is 10.9. The van der Waals surface area contributed by atoms with E-state index in [1.165, 1.54) is 0 Å². The Kier molecular flexibility index (Phi) is 3.52. The molecule has 1 heterocycles. The predicted molar refractivity (Wildman–Crippen MR) is 50.4 cm³/mol. The third kappa shape index (κ3) is 2.44. The monoisotopic (exact) mass is 224 g/mol. The van der Waals surface area contributed by atoms with E-state index in [1.54, 1.807) is 0 Å². The lowest BCUT2D eigenvalue weighted by Crippen LogP contribution is -2.46. The van der Waals surface area contributed by atoms with Crippen LogP contribution in [0.2, 0.25) is 0 Å². The molecular formula is C8H16O5S. The Morgan fingerprint density at radius 2 is 2.21 bits per heavy atom. The molecule has 0 bridgehead atoms. The van der Waals surface area contributed by atoms with Crippen molar-refractivity contribution in [2.75, 3.05) is 6.61 Å². The zero-order chi connectivity index (χ0) is 10.8. The van der Waals surface area contributed by atoms with Crippen molar-refractivity contribution in [3.8, 4) is 0 Å². The van der Waals surface area contributed by atoms with Crippen LogP contribution in [0.3, 0.4) is 0 Å². The van der Waals surface area contributed by atoms with Gasteiger partial charge in [0, 0.05) is 12.8 Å². The van der Waals surface area contributed by atoms with Crippen LogP contribution in [0, 0.1) is 0 Å². The van der Waals surface area contributed by atoms with Crippen LogP contribution in [-0.2, 0) is 14.9 Å². The molecule has 1 aliphatic rings. The summed E-state index contributed by atoms with van der Waals surface area (Å²) in [5.74, 6) is 0. The lowest BCUT2D eigenvalue weighted by atomic mass is 10.0. The molecule has 0 aromatic heterocycles. The summed E-state index contributed by atoms with van der Waals surface area (Å²) < 4.78 is 35.9. The van der Waals surface area contributed by atoms with Crippen molar-refractivity contribution >= 4 is 10.1 Å². The topological polar surface area (TPSA) is 83.8 Å². The Labute approximate surface area is 83.8 Å². The third-order valence-electron chi connectivity index (χ3n) is 2.48. The van der Waals surface area contributed by atoms with Gasteiger partial charge in [-0.3, -0.25) is 4.55 Å². The molecule has 0 amide bonds. The predicted octanol–water partition coefficient (Wildman–Crippen LogP) is 0.542. The van der Waals surface area contributed by atoms with Crippen LogP contribution in [0.4, 0.5) is 0 Å². The van der Waals surface area contributed by atoms with E-state index in [1.807, 2.05) is 6.92 Å². The minimum atomic E-state index is -4.40. The highest BCUT2D eigenvalue weighted by atomic mass is 32.2. The van der Waals surface area contributed by atoms with Crippen molar-refractivity contribution in [2.45, 2.75) is 43.6 Å². The van der Waals surface area contributed by atoms with Gasteiger partial charge >= 0.3 is 0 Å². The van der Waals surface area contributed by atoms with Gasteiger partial charge in [0.15, 0.2) is 4.93 Å². The van der Waals surface area contributed by atoms with Gasteiger partial charge in [-0.05, 0) is 6.42 Å². The summed E-state index contributed by atoms with van der Waals surface area (Å²) in [6, 6.07) is 0. The van der Waals surface area contributed by atoms with E-state index >= 15 is 0 Å². The summed E-state index contributed by atoms with van der Waals surface area (Å²) in [7, 11) is -4.40. The van der Waals surface area contributed by atoms with E-state index < -0.39 is 15.1 Å². The van der Waals surface area contributed by atoms with E-state index in [-0.39, 0.29) is 25.6 Å². The summed E-state index contributed by atoms with van der Waals surface area (Å²) >= 11 is 0. The minimum Gasteiger partial charge on any atom is -0.378 e. The van der Waals surface area contributed by atoms with E-state index in [4.69, 9.17) is 9.29 Å². The first-order chi connectivity index (χ1) is 6.39. The lowest BCUT2D eigenvalue weighted by molar-refractivity contribution is -0.0684. The molecule has 0 spiro atoms. The number of ether oxygens (including phenoxy) is 1. The van der Waals surface area contributed by atoms with Gasteiger partial charge in [0.05, 0.1) is 12.7 Å². The summed E-state index contributed by atoms with van der Waals surface area (Å²) in [6.07, 6.45) is 1.16. The fourth-order valence-electron chi connectivity index (χ4n) is 1.64. The van der Waals surface area contributed by atoms with E-state index in [0.29, 0.717) is 6.42 Å². The Hall–Kier alpha value is -0.170. The van der Waals surface area contributed by atoms with Crippen LogP contribution in [0.1, 0.15) is 32.6 Å². The molecule has 5 nitrogen and oxygen atoms in total. The van der Waals surface area contributed by atoms with Crippen molar-refractivity contribution in [1.82, 2.24) is 0 Å². The minimum absolute atomic E-state index is 0.0420. The Bertz CT molecular complexity index is 284. The van der Waals surface area contributed by atoms with Crippen LogP contribution in [0.5, 0.6) is 0 Å². The van der Waals surface area contributed by atoms with Crippen LogP contribution in [0.25, 0.3) is 0 Å². The van der Waals surface area contributed by atoms with Crippen LogP contribution in [-0.4, -0.2) is 35.7 Å². The Morgan fingerprint density at radius 1 is 1.57 bits per heavy atom. The molecular weight excluding hydrogens is 208 g/mol. The first kappa shape index (κ1) is 11.9. The van der Waals surface area contributed by atoms with E-state index in [2.05, 4.69) is 0 Å². The van der Waals surface area contributed by atoms with Gasteiger partial charge in [-0.1, -0.05) is 13.3 Å². The first-order valence-electron chi connectivity index (χ1n) is 4.70. The zero-order valence-corrected chi connectivity index (χ0v) is 8.96. The van der Waals surface area contributed by atoms with Crippen LogP contribution < -0.4 is 0 Å². The highest BCUT2D eigenvalue weighted by Crippen LogP contribution is 2.30. The molecule has 14 heavy (non-hydrogen) atoms. The molecule has 6 heteroatoms. The molecule has 0 aliphatic carbocycles. The molecule has 0 radical (unpaired) electrons. The molecule has 1 saturated heterocycles. The third-order valence-corrected chi connectivity index (χ3v) is 3.81. The molecule has 0 aromatic rings. The van der Waals surface area contributed by atoms with Gasteiger partial charge in [0.1, 0.15) is 0 Å². The van der Waals surface area contributed by atoms with Gasteiger partial charge in [-0.25, -0.2) is 0 Å². The molecule has 2 N–H and O–H groups in total. The van der Waals surface area contributed by atoms with E-state index in [9.17, 15) is 13.5 Å². The van der Waals surface area contributed by atoms with Gasteiger partial charge < -0.3 is 9.84 Å². The average molecular weight is 224 g/mol. The van der Waals surface area contributed by atoms with Gasteiger partial charge in [-0.15, -0.1) is 0 Å². The fraction of sp³-hybridized carbons (Fsp3) is 1.00. The number of rotatable bonds is 3. The maximum atomic E-state index is 10.9. The second-order valence-electron chi connectivity index (χ2n) is 3.66. The first-order valence-corrected chi connectivity index (χ1v) is 6.14. The molecule has 0 aromatic carbocycles. The van der Waals surface area contributed by atoms with Crippen LogP contribution in [0.15, 0.2) is 0 Å². The highest BCUT2D eigenvalue weighted by Gasteiger charge is 2.45. The Morgan fingerprint density at radius 3 is 2.71 bits per heavy atom. The Balaban J connectivity index is 2.72. The molecule has 84 valence electrons. The molecule has 1 aliphatic heterocycles. The smallest absolute Gasteiger partial charge is 0.295 e.